The van der Waals surface area contributed by atoms with E-state index in [1.54, 1.807) is 6.92 Å². The van der Waals surface area contributed by atoms with Gasteiger partial charge >= 0.3 is 6.09 Å². The number of aryl methyl sites for hydroxylation is 1. The van der Waals surface area contributed by atoms with Crippen molar-refractivity contribution in [1.29, 1.82) is 0 Å². The highest BCUT2D eigenvalue weighted by molar-refractivity contribution is 7.92. The highest BCUT2D eigenvalue weighted by Crippen LogP contribution is 2.19. The van der Waals surface area contributed by atoms with Crippen LogP contribution in [0, 0.1) is 12.7 Å². The van der Waals surface area contributed by atoms with Crippen molar-refractivity contribution < 1.29 is 27.1 Å². The van der Waals surface area contributed by atoms with Crippen molar-refractivity contribution in [2.75, 3.05) is 24.4 Å². The number of nitrogens with one attached hydrogen (secondary N) is 3. The number of alkyl carbamates (subject to hydrolysis) is 1. The Kier molecular flexibility index (Phi) is 7.54. The Bertz CT molecular complexity index is 995. The molecule has 8 nitrogen and oxygen atoms in total. The second-order valence-corrected chi connectivity index (χ2v) is 7.68. The molecule has 10 heteroatoms. The number of sulfonamides is 1. The summed E-state index contributed by atoms with van der Waals surface area (Å²) in [7, 11) is -4.01. The maximum absolute atomic E-state index is 13.7. The largest absolute Gasteiger partial charge is 0.450 e. The molecule has 2 rings (SSSR count). The van der Waals surface area contributed by atoms with Gasteiger partial charge in [0.15, 0.2) is 0 Å². The first-order valence-corrected chi connectivity index (χ1v) is 10.3. The fourth-order valence-electron chi connectivity index (χ4n) is 2.30. The number of anilines is 1. The minimum atomic E-state index is -4.01. The van der Waals surface area contributed by atoms with Crippen LogP contribution in [0.15, 0.2) is 47.4 Å². The lowest BCUT2D eigenvalue weighted by Gasteiger charge is -2.11. The fraction of sp³-hybridized carbons (Fsp3) is 0.263. The van der Waals surface area contributed by atoms with Crippen LogP contribution in [-0.4, -0.2) is 40.1 Å². The number of carbonyl (C=O) groups is 2. The summed E-state index contributed by atoms with van der Waals surface area (Å²) < 4.78 is 45.6. The summed E-state index contributed by atoms with van der Waals surface area (Å²) in [5.41, 5.74) is 0.708. The van der Waals surface area contributed by atoms with Crippen molar-refractivity contribution >= 4 is 27.7 Å². The number of amides is 2. The van der Waals surface area contributed by atoms with E-state index >= 15 is 0 Å². The van der Waals surface area contributed by atoms with Gasteiger partial charge in [-0.15, -0.1) is 0 Å². The van der Waals surface area contributed by atoms with E-state index in [1.165, 1.54) is 43.3 Å². The Labute approximate surface area is 168 Å². The minimum Gasteiger partial charge on any atom is -0.450 e. The second-order valence-electron chi connectivity index (χ2n) is 6.00. The van der Waals surface area contributed by atoms with E-state index in [-0.39, 0.29) is 35.8 Å². The molecule has 2 aromatic carbocycles. The topological polar surface area (TPSA) is 114 Å². The fourth-order valence-corrected chi connectivity index (χ4v) is 3.36. The van der Waals surface area contributed by atoms with E-state index in [2.05, 4.69) is 15.4 Å². The van der Waals surface area contributed by atoms with Gasteiger partial charge in [0.1, 0.15) is 5.82 Å². The highest BCUT2D eigenvalue weighted by Gasteiger charge is 2.16. The molecule has 0 atom stereocenters. The normalized spacial score (nSPS) is 10.9. The lowest BCUT2D eigenvalue weighted by atomic mass is 10.2. The van der Waals surface area contributed by atoms with E-state index in [0.29, 0.717) is 5.56 Å². The summed E-state index contributed by atoms with van der Waals surface area (Å²) in [6.45, 7) is 3.80. The number of benzene rings is 2. The molecule has 0 bridgehead atoms. The van der Waals surface area contributed by atoms with Crippen LogP contribution in [-0.2, 0) is 14.8 Å². The molecule has 0 aliphatic carbocycles. The number of hydrogen-bond acceptors (Lipinski definition) is 5. The summed E-state index contributed by atoms with van der Waals surface area (Å²) in [4.78, 5) is 23.1. The third-order valence-corrected chi connectivity index (χ3v) is 5.16. The van der Waals surface area contributed by atoms with Gasteiger partial charge in [0.2, 0.25) is 0 Å². The van der Waals surface area contributed by atoms with Crippen LogP contribution in [0.3, 0.4) is 0 Å². The Morgan fingerprint density at radius 2 is 1.79 bits per heavy atom. The van der Waals surface area contributed by atoms with E-state index in [4.69, 9.17) is 4.74 Å². The molecule has 0 fully saturated rings. The van der Waals surface area contributed by atoms with Crippen molar-refractivity contribution in [2.24, 2.45) is 0 Å². The van der Waals surface area contributed by atoms with Gasteiger partial charge in [-0.05, 0) is 49.7 Å². The summed E-state index contributed by atoms with van der Waals surface area (Å²) in [5.74, 6) is -1.07. The molecule has 156 valence electrons. The molecule has 0 aliphatic rings. The summed E-state index contributed by atoms with van der Waals surface area (Å²) in [5, 5.41) is 5.06. The van der Waals surface area contributed by atoms with Crippen molar-refractivity contribution in [3.63, 3.8) is 0 Å². The second kappa shape index (κ2) is 9.87. The van der Waals surface area contributed by atoms with Gasteiger partial charge in [0.25, 0.3) is 15.9 Å². The summed E-state index contributed by atoms with van der Waals surface area (Å²) in [6, 6.07) is 9.46. The maximum Gasteiger partial charge on any atom is 0.407 e. The Balaban J connectivity index is 2.00. The molecule has 0 radical (unpaired) electrons. The van der Waals surface area contributed by atoms with Crippen molar-refractivity contribution in [3.8, 4) is 0 Å². The van der Waals surface area contributed by atoms with Crippen LogP contribution < -0.4 is 15.4 Å². The zero-order valence-corrected chi connectivity index (χ0v) is 16.8. The van der Waals surface area contributed by atoms with Crippen molar-refractivity contribution in [2.45, 2.75) is 18.7 Å². The third kappa shape index (κ3) is 6.46. The van der Waals surface area contributed by atoms with E-state index in [0.717, 1.165) is 6.07 Å². The maximum atomic E-state index is 13.7. The van der Waals surface area contributed by atoms with Gasteiger partial charge in [0.05, 0.1) is 11.5 Å². The molecule has 2 aromatic rings. The molecule has 2 amide bonds. The van der Waals surface area contributed by atoms with Gasteiger partial charge < -0.3 is 15.4 Å². The lowest BCUT2D eigenvalue weighted by molar-refractivity contribution is 0.0952. The average Bonchev–Trinajstić information content (AvgIpc) is 2.67. The molecule has 29 heavy (non-hydrogen) atoms. The first-order chi connectivity index (χ1) is 13.7. The highest BCUT2D eigenvalue weighted by atomic mass is 32.2. The number of hydrogen-bond donors (Lipinski definition) is 3. The summed E-state index contributed by atoms with van der Waals surface area (Å²) >= 11 is 0. The monoisotopic (exact) mass is 423 g/mol. The number of halogens is 1. The number of ether oxygens (including phenoxy) is 1. The van der Waals surface area contributed by atoms with Gasteiger partial charge in [-0.2, -0.15) is 0 Å². The van der Waals surface area contributed by atoms with Gasteiger partial charge in [-0.1, -0.05) is 12.1 Å². The van der Waals surface area contributed by atoms with Gasteiger partial charge in [-0.25, -0.2) is 17.6 Å². The molecule has 3 N–H and O–H groups in total. The van der Waals surface area contributed by atoms with Crippen molar-refractivity contribution in [3.05, 3.63) is 59.4 Å². The number of carbonyl (C=O) groups excluding carboxylic acids is 2. The van der Waals surface area contributed by atoms with Gasteiger partial charge in [-0.3, -0.25) is 9.52 Å². The quantitative estimate of drug-likeness (QED) is 0.564. The SMILES string of the molecule is CCOC(=O)NCCNC(=O)c1cccc(NS(=O)(=O)c2ccc(C)c(F)c2)c1. The molecule has 0 unspecified atom stereocenters. The Morgan fingerprint density at radius 1 is 1.07 bits per heavy atom. The molecular weight excluding hydrogens is 401 g/mol. The first kappa shape index (κ1) is 22.2. The smallest absolute Gasteiger partial charge is 0.407 e. The van der Waals surface area contributed by atoms with Crippen LogP contribution in [0.25, 0.3) is 0 Å². The number of rotatable bonds is 8. The first-order valence-electron chi connectivity index (χ1n) is 8.81. The standard InChI is InChI=1S/C19H22FN3O5S/c1-3-28-19(25)22-10-9-21-18(24)14-5-4-6-15(11-14)23-29(26,27)16-8-7-13(2)17(20)12-16/h4-8,11-12,23H,3,9-10H2,1-2H3,(H,21,24)(H,22,25). The molecule has 0 spiro atoms. The molecule has 0 aromatic heterocycles. The molecule has 0 saturated carbocycles. The predicted molar refractivity (Wildman–Crippen MR) is 106 cm³/mol. The summed E-state index contributed by atoms with van der Waals surface area (Å²) in [6.07, 6.45) is -0.578. The molecule has 0 saturated heterocycles. The molecule has 0 heterocycles. The average molecular weight is 423 g/mol. The van der Waals surface area contributed by atoms with Crippen LogP contribution in [0.2, 0.25) is 0 Å². The minimum absolute atomic E-state index is 0.156. The zero-order valence-electron chi connectivity index (χ0n) is 16.0. The lowest BCUT2D eigenvalue weighted by Crippen LogP contribution is -2.35. The predicted octanol–water partition coefficient (Wildman–Crippen LogP) is 2.41. The Hall–Kier alpha value is -3.14. The zero-order chi connectivity index (χ0) is 21.4. The molecular formula is C19H22FN3O5S. The Morgan fingerprint density at radius 3 is 2.48 bits per heavy atom. The third-order valence-electron chi connectivity index (χ3n) is 3.79. The van der Waals surface area contributed by atoms with Crippen molar-refractivity contribution in [1.82, 2.24) is 10.6 Å². The van der Waals surface area contributed by atoms with E-state index in [9.17, 15) is 22.4 Å². The van der Waals surface area contributed by atoms with Crippen LogP contribution >= 0.6 is 0 Å². The van der Waals surface area contributed by atoms with E-state index < -0.39 is 27.8 Å². The van der Waals surface area contributed by atoms with Crippen LogP contribution in [0.5, 0.6) is 0 Å². The van der Waals surface area contributed by atoms with Crippen LogP contribution in [0.1, 0.15) is 22.8 Å². The van der Waals surface area contributed by atoms with E-state index in [1.807, 2.05) is 0 Å². The van der Waals surface area contributed by atoms with Gasteiger partial charge in [0, 0.05) is 24.3 Å². The molecule has 0 aliphatic heterocycles. The van der Waals surface area contributed by atoms with Crippen LogP contribution in [0.4, 0.5) is 14.9 Å².